The van der Waals surface area contributed by atoms with Gasteiger partial charge in [0.2, 0.25) is 11.0 Å². The molecule has 0 aliphatic rings. The molecule has 0 saturated heterocycles. The number of aromatic nitrogens is 4. The first kappa shape index (κ1) is 12.8. The molecule has 1 N–H and O–H groups in total. The predicted octanol–water partition coefficient (Wildman–Crippen LogP) is 3.08. The van der Waals surface area contributed by atoms with Gasteiger partial charge in [-0.05, 0) is 13.8 Å². The highest BCUT2D eigenvalue weighted by molar-refractivity contribution is 7.09. The molecule has 98 valence electrons. The number of hydrogen-bond acceptors (Lipinski definition) is 5. The van der Waals surface area contributed by atoms with Crippen LogP contribution in [0.4, 0.5) is 24.0 Å². The lowest BCUT2D eigenvalue weighted by molar-refractivity contribution is -0.144. The van der Waals surface area contributed by atoms with Crippen molar-refractivity contribution in [1.82, 2.24) is 19.1 Å². The number of nitrogens with one attached hydrogen (secondary N) is 1. The number of alkyl halides is 3. The summed E-state index contributed by atoms with van der Waals surface area (Å²) in [5.41, 5.74) is 0.577. The third-order valence-corrected chi connectivity index (χ3v) is 2.69. The Morgan fingerprint density at radius 2 is 2.11 bits per heavy atom. The van der Waals surface area contributed by atoms with Crippen LogP contribution in [0.25, 0.3) is 0 Å². The Labute approximate surface area is 105 Å². The van der Waals surface area contributed by atoms with Gasteiger partial charge < -0.3 is 5.32 Å². The maximum absolute atomic E-state index is 12.3. The fourth-order valence-electron chi connectivity index (χ4n) is 1.20. The Balaban J connectivity index is 2.11. The molecule has 18 heavy (non-hydrogen) atoms. The number of halogens is 3. The van der Waals surface area contributed by atoms with E-state index in [0.717, 1.165) is 0 Å². The molecule has 0 fully saturated rings. The average molecular weight is 277 g/mol. The van der Waals surface area contributed by atoms with Gasteiger partial charge in [-0.25, -0.2) is 0 Å². The summed E-state index contributed by atoms with van der Waals surface area (Å²) in [4.78, 5) is 3.37. The summed E-state index contributed by atoms with van der Waals surface area (Å²) in [6.45, 7) is 3.90. The molecule has 0 unspecified atom stereocenters. The summed E-state index contributed by atoms with van der Waals surface area (Å²) < 4.78 is 41.8. The third kappa shape index (κ3) is 2.78. The summed E-state index contributed by atoms with van der Waals surface area (Å²) in [6.07, 6.45) is -1.30. The number of nitrogens with zero attached hydrogens (tertiary/aromatic N) is 4. The van der Waals surface area contributed by atoms with Gasteiger partial charge >= 0.3 is 6.18 Å². The van der Waals surface area contributed by atoms with Gasteiger partial charge in [0.1, 0.15) is 0 Å². The molecule has 0 radical (unpaired) electrons. The van der Waals surface area contributed by atoms with E-state index in [2.05, 4.69) is 19.8 Å². The molecule has 0 aromatic carbocycles. The van der Waals surface area contributed by atoms with Gasteiger partial charge in [0.25, 0.3) is 0 Å². The van der Waals surface area contributed by atoms with Crippen LogP contribution in [0.3, 0.4) is 0 Å². The van der Waals surface area contributed by atoms with Gasteiger partial charge in [0.15, 0.2) is 0 Å². The first-order valence-corrected chi connectivity index (χ1v) is 5.85. The van der Waals surface area contributed by atoms with Gasteiger partial charge in [0, 0.05) is 23.8 Å². The quantitative estimate of drug-likeness (QED) is 0.936. The largest absolute Gasteiger partial charge is 0.452 e. The Kier molecular flexibility index (Phi) is 3.24. The van der Waals surface area contributed by atoms with E-state index < -0.39 is 12.0 Å². The van der Waals surface area contributed by atoms with Gasteiger partial charge in [-0.1, -0.05) is 0 Å². The van der Waals surface area contributed by atoms with Crippen molar-refractivity contribution < 1.29 is 13.2 Å². The molecule has 0 aliphatic heterocycles. The zero-order valence-corrected chi connectivity index (χ0v) is 10.4. The number of hydrogen-bond donors (Lipinski definition) is 1. The molecule has 9 heteroatoms. The van der Waals surface area contributed by atoms with Crippen molar-refractivity contribution in [2.24, 2.45) is 0 Å². The molecule has 0 amide bonds. The van der Waals surface area contributed by atoms with E-state index in [-0.39, 0.29) is 11.2 Å². The topological polar surface area (TPSA) is 55.6 Å². The second-order valence-corrected chi connectivity index (χ2v) is 4.60. The molecule has 5 nitrogen and oxygen atoms in total. The summed E-state index contributed by atoms with van der Waals surface area (Å²) in [5, 5.41) is 6.88. The van der Waals surface area contributed by atoms with Crippen LogP contribution in [0.2, 0.25) is 0 Å². The lowest BCUT2D eigenvalue weighted by Crippen LogP contribution is -2.07. The Hall–Kier alpha value is -1.64. The molecular weight excluding hydrogens is 267 g/mol. The summed E-state index contributed by atoms with van der Waals surface area (Å²) in [5.74, 6) is -1.13. The minimum atomic E-state index is -4.52. The van der Waals surface area contributed by atoms with Crippen molar-refractivity contribution in [3.63, 3.8) is 0 Å². The van der Waals surface area contributed by atoms with Crippen molar-refractivity contribution in [1.29, 1.82) is 0 Å². The lowest BCUT2D eigenvalue weighted by atomic mass is 10.4. The molecular formula is C9H10F3N5S. The van der Waals surface area contributed by atoms with Crippen LogP contribution in [0.1, 0.15) is 25.7 Å². The molecule has 2 rings (SSSR count). The monoisotopic (exact) mass is 277 g/mol. The van der Waals surface area contributed by atoms with Gasteiger partial charge in [-0.2, -0.15) is 27.6 Å². The highest BCUT2D eigenvalue weighted by Gasteiger charge is 2.36. The van der Waals surface area contributed by atoms with E-state index in [1.165, 1.54) is 6.20 Å². The minimum Gasteiger partial charge on any atom is -0.328 e. The molecule has 0 spiro atoms. The van der Waals surface area contributed by atoms with E-state index in [1.54, 1.807) is 10.9 Å². The molecule has 2 aromatic rings. The summed E-state index contributed by atoms with van der Waals surface area (Å²) in [7, 11) is 0. The fraction of sp³-hybridized carbons (Fsp3) is 0.444. The first-order chi connectivity index (χ1) is 8.36. The zero-order valence-electron chi connectivity index (χ0n) is 9.56. The van der Waals surface area contributed by atoms with Crippen LogP contribution in [0.15, 0.2) is 12.4 Å². The van der Waals surface area contributed by atoms with Crippen molar-refractivity contribution in [3.05, 3.63) is 18.2 Å². The smallest absolute Gasteiger partial charge is 0.328 e. The number of anilines is 2. The lowest BCUT2D eigenvalue weighted by Gasteiger charge is -2.03. The Morgan fingerprint density at radius 1 is 1.39 bits per heavy atom. The molecule has 2 heterocycles. The SMILES string of the molecule is CC(C)n1cc(Nc2nc(C(F)(F)F)ns2)cn1. The first-order valence-electron chi connectivity index (χ1n) is 5.08. The van der Waals surface area contributed by atoms with Crippen LogP contribution in [-0.4, -0.2) is 19.1 Å². The summed E-state index contributed by atoms with van der Waals surface area (Å²) >= 11 is 0.660. The fourth-order valence-corrected chi connectivity index (χ4v) is 1.81. The third-order valence-electron chi connectivity index (χ3n) is 2.06. The Bertz CT molecular complexity index is 530. The molecule has 0 saturated carbocycles. The molecule has 0 atom stereocenters. The van der Waals surface area contributed by atoms with Gasteiger partial charge in [0.05, 0.1) is 11.9 Å². The van der Waals surface area contributed by atoms with Crippen LogP contribution >= 0.6 is 11.5 Å². The molecule has 0 bridgehead atoms. The van der Waals surface area contributed by atoms with Crippen molar-refractivity contribution in [2.75, 3.05) is 5.32 Å². The molecule has 2 aromatic heterocycles. The number of rotatable bonds is 3. The van der Waals surface area contributed by atoms with Crippen molar-refractivity contribution in [2.45, 2.75) is 26.1 Å². The van der Waals surface area contributed by atoms with Crippen LogP contribution < -0.4 is 5.32 Å². The van der Waals surface area contributed by atoms with Crippen LogP contribution in [0.5, 0.6) is 0 Å². The van der Waals surface area contributed by atoms with E-state index in [1.807, 2.05) is 13.8 Å². The maximum atomic E-state index is 12.3. The van der Waals surface area contributed by atoms with Gasteiger partial charge in [-0.3, -0.25) is 4.68 Å². The second-order valence-electron chi connectivity index (χ2n) is 3.85. The van der Waals surface area contributed by atoms with E-state index >= 15 is 0 Å². The Morgan fingerprint density at radius 3 is 2.61 bits per heavy atom. The standard InChI is InChI=1S/C9H10F3N5S/c1-5(2)17-4-6(3-13-17)14-8-15-7(16-18-8)9(10,11)12/h3-5H,1-2H3,(H,14,15,16). The van der Waals surface area contributed by atoms with Crippen molar-refractivity contribution in [3.8, 4) is 0 Å². The van der Waals surface area contributed by atoms with Crippen molar-refractivity contribution >= 4 is 22.4 Å². The normalized spacial score (nSPS) is 12.1. The predicted molar refractivity (Wildman–Crippen MR) is 60.8 cm³/mol. The highest BCUT2D eigenvalue weighted by atomic mass is 32.1. The minimum absolute atomic E-state index is 0.0885. The van der Waals surface area contributed by atoms with Crippen LogP contribution in [-0.2, 0) is 6.18 Å². The maximum Gasteiger partial charge on any atom is 0.452 e. The van der Waals surface area contributed by atoms with E-state index in [4.69, 9.17) is 0 Å². The van der Waals surface area contributed by atoms with E-state index in [0.29, 0.717) is 17.2 Å². The second kappa shape index (κ2) is 4.56. The zero-order chi connectivity index (χ0) is 13.3. The average Bonchev–Trinajstić information content (AvgIpc) is 2.85. The van der Waals surface area contributed by atoms with E-state index in [9.17, 15) is 13.2 Å². The highest BCUT2D eigenvalue weighted by Crippen LogP contribution is 2.29. The summed E-state index contributed by atoms with van der Waals surface area (Å²) in [6, 6.07) is 0.181. The molecule has 0 aliphatic carbocycles. The van der Waals surface area contributed by atoms with Crippen LogP contribution in [0, 0.1) is 0 Å². The van der Waals surface area contributed by atoms with Gasteiger partial charge in [-0.15, -0.1) is 0 Å².